The largest absolute Gasteiger partial charge is 0.395 e. The molecule has 0 radical (unpaired) electrons. The van der Waals surface area contributed by atoms with Gasteiger partial charge in [-0.05, 0) is 42.0 Å². The Hall–Kier alpha value is -1.01. The number of nitrogens with zero attached hydrogens (tertiary/aromatic N) is 5. The third-order valence-corrected chi connectivity index (χ3v) is 6.21. The fraction of sp³-hybridized carbons (Fsp3) is 0.944. The van der Waals surface area contributed by atoms with E-state index in [4.69, 9.17) is 0 Å². The molecule has 1 aliphatic carbocycles. The minimum absolute atomic E-state index is 0.238. The molecule has 1 N–H and O–H groups in total. The minimum atomic E-state index is 0.238. The maximum absolute atomic E-state index is 9.83. The van der Waals surface area contributed by atoms with Gasteiger partial charge in [0.05, 0.1) is 18.7 Å². The monoisotopic (exact) mass is 335 g/mol. The fourth-order valence-electron chi connectivity index (χ4n) is 4.54. The van der Waals surface area contributed by atoms with Crippen molar-refractivity contribution in [2.45, 2.75) is 89.8 Å². The van der Waals surface area contributed by atoms with Crippen molar-refractivity contribution in [1.29, 1.82) is 0 Å². The molecular formula is C18H33N5O. The van der Waals surface area contributed by atoms with E-state index in [0.717, 1.165) is 25.2 Å². The van der Waals surface area contributed by atoms with E-state index in [1.54, 1.807) is 0 Å². The summed E-state index contributed by atoms with van der Waals surface area (Å²) in [7, 11) is 0. The summed E-state index contributed by atoms with van der Waals surface area (Å²) in [6, 6.07) is 0.985. The highest BCUT2D eigenvalue weighted by Crippen LogP contribution is 2.38. The van der Waals surface area contributed by atoms with Gasteiger partial charge in [-0.1, -0.05) is 46.0 Å². The van der Waals surface area contributed by atoms with Crippen molar-refractivity contribution in [3.63, 3.8) is 0 Å². The standard InChI is InChI=1S/C18H33N5O/c1-3-14(4-2)12-22-16(13-24)10-11-17(22)18-19-20-21-23(18)15-8-6-5-7-9-15/h14-17,24H,3-13H2,1-2H3/t16-,17-/m0/s1. The molecule has 0 amide bonds. The van der Waals surface area contributed by atoms with Crippen LogP contribution in [0.1, 0.15) is 89.5 Å². The molecule has 1 aromatic rings. The smallest absolute Gasteiger partial charge is 0.168 e. The van der Waals surface area contributed by atoms with Gasteiger partial charge in [0.2, 0.25) is 0 Å². The van der Waals surface area contributed by atoms with Gasteiger partial charge in [0.25, 0.3) is 0 Å². The van der Waals surface area contributed by atoms with E-state index in [1.165, 1.54) is 44.9 Å². The van der Waals surface area contributed by atoms with Crippen molar-refractivity contribution in [2.24, 2.45) is 5.92 Å². The number of aromatic nitrogens is 4. The third-order valence-electron chi connectivity index (χ3n) is 6.21. The molecular weight excluding hydrogens is 302 g/mol. The molecule has 6 heteroatoms. The van der Waals surface area contributed by atoms with Crippen molar-refractivity contribution < 1.29 is 5.11 Å². The molecule has 0 unspecified atom stereocenters. The van der Waals surface area contributed by atoms with Crippen molar-refractivity contribution in [1.82, 2.24) is 25.1 Å². The Morgan fingerprint density at radius 3 is 2.50 bits per heavy atom. The van der Waals surface area contributed by atoms with E-state index in [1.807, 2.05) is 0 Å². The van der Waals surface area contributed by atoms with Gasteiger partial charge in [0.1, 0.15) is 0 Å². The summed E-state index contributed by atoms with van der Waals surface area (Å²) in [6.07, 6.45) is 10.8. The van der Waals surface area contributed by atoms with Crippen LogP contribution in [0.15, 0.2) is 0 Å². The summed E-state index contributed by atoms with van der Waals surface area (Å²) >= 11 is 0. The molecule has 3 rings (SSSR count). The molecule has 1 saturated carbocycles. The summed E-state index contributed by atoms with van der Waals surface area (Å²) < 4.78 is 2.11. The summed E-state index contributed by atoms with van der Waals surface area (Å²) in [5, 5.41) is 22.6. The van der Waals surface area contributed by atoms with E-state index in [0.29, 0.717) is 12.0 Å². The molecule has 0 bridgehead atoms. The Morgan fingerprint density at radius 1 is 1.08 bits per heavy atom. The average molecular weight is 335 g/mol. The van der Waals surface area contributed by atoms with Crippen molar-refractivity contribution >= 4 is 0 Å². The number of tetrazole rings is 1. The predicted molar refractivity (Wildman–Crippen MR) is 93.6 cm³/mol. The van der Waals surface area contributed by atoms with E-state index in [9.17, 15) is 5.11 Å². The summed E-state index contributed by atoms with van der Waals surface area (Å²) in [5.41, 5.74) is 0. The quantitative estimate of drug-likeness (QED) is 0.829. The van der Waals surface area contributed by atoms with Gasteiger partial charge in [-0.2, -0.15) is 0 Å². The molecule has 1 aromatic heterocycles. The maximum Gasteiger partial charge on any atom is 0.168 e. The molecule has 2 atom stereocenters. The number of likely N-dealkylation sites (tertiary alicyclic amines) is 1. The highest BCUT2D eigenvalue weighted by Gasteiger charge is 2.38. The Labute approximate surface area is 145 Å². The second-order valence-electron chi connectivity index (χ2n) is 7.58. The van der Waals surface area contributed by atoms with Crippen LogP contribution in [0.25, 0.3) is 0 Å². The molecule has 0 aromatic carbocycles. The van der Waals surface area contributed by atoms with E-state index in [-0.39, 0.29) is 18.7 Å². The van der Waals surface area contributed by atoms with Crippen LogP contribution in [-0.4, -0.2) is 49.4 Å². The number of hydrogen-bond acceptors (Lipinski definition) is 5. The van der Waals surface area contributed by atoms with Gasteiger partial charge in [-0.3, -0.25) is 4.90 Å². The normalized spacial score (nSPS) is 26.5. The second kappa shape index (κ2) is 8.39. The number of hydrogen-bond donors (Lipinski definition) is 1. The second-order valence-corrected chi connectivity index (χ2v) is 7.58. The summed E-state index contributed by atoms with van der Waals surface area (Å²) in [5.74, 6) is 1.71. The van der Waals surface area contributed by atoms with Crippen molar-refractivity contribution in [3.05, 3.63) is 5.82 Å². The highest BCUT2D eigenvalue weighted by molar-refractivity contribution is 5.02. The first-order valence-electron chi connectivity index (χ1n) is 9.92. The molecule has 2 fully saturated rings. The van der Waals surface area contributed by atoms with Crippen LogP contribution in [-0.2, 0) is 0 Å². The fourth-order valence-corrected chi connectivity index (χ4v) is 4.54. The number of rotatable bonds is 7. The van der Waals surface area contributed by atoms with Crippen LogP contribution >= 0.6 is 0 Å². The number of aliphatic hydroxyl groups excluding tert-OH is 1. The lowest BCUT2D eigenvalue weighted by atomic mass is 9.95. The first-order chi connectivity index (χ1) is 11.8. The predicted octanol–water partition coefficient (Wildman–Crippen LogP) is 3.11. The van der Waals surface area contributed by atoms with Crippen LogP contribution in [0, 0.1) is 5.92 Å². The zero-order valence-electron chi connectivity index (χ0n) is 15.3. The van der Waals surface area contributed by atoms with Gasteiger partial charge in [0, 0.05) is 12.6 Å². The van der Waals surface area contributed by atoms with Crippen LogP contribution < -0.4 is 0 Å². The number of aliphatic hydroxyl groups is 1. The van der Waals surface area contributed by atoms with Gasteiger partial charge in [-0.15, -0.1) is 5.10 Å². The lowest BCUT2D eigenvalue weighted by Crippen LogP contribution is -2.38. The van der Waals surface area contributed by atoms with E-state index >= 15 is 0 Å². The third kappa shape index (κ3) is 3.64. The van der Waals surface area contributed by atoms with E-state index in [2.05, 4.69) is 39.0 Å². The van der Waals surface area contributed by atoms with Gasteiger partial charge in [-0.25, -0.2) is 4.68 Å². The lowest BCUT2D eigenvalue weighted by molar-refractivity contribution is 0.102. The first kappa shape index (κ1) is 17.8. The van der Waals surface area contributed by atoms with Gasteiger partial charge < -0.3 is 5.11 Å². The topological polar surface area (TPSA) is 67.1 Å². The zero-order valence-corrected chi connectivity index (χ0v) is 15.3. The Balaban J connectivity index is 1.80. The molecule has 2 heterocycles. The molecule has 136 valence electrons. The van der Waals surface area contributed by atoms with Crippen LogP contribution in [0.2, 0.25) is 0 Å². The molecule has 6 nitrogen and oxygen atoms in total. The van der Waals surface area contributed by atoms with E-state index < -0.39 is 0 Å². The Morgan fingerprint density at radius 2 is 1.83 bits per heavy atom. The molecule has 2 aliphatic rings. The average Bonchev–Trinajstić information content (AvgIpc) is 3.26. The summed E-state index contributed by atoms with van der Waals surface area (Å²) in [6.45, 7) is 5.81. The molecule has 1 aliphatic heterocycles. The summed E-state index contributed by atoms with van der Waals surface area (Å²) in [4.78, 5) is 2.49. The SMILES string of the molecule is CCC(CC)CN1[C@H](CO)CC[C@H]1c1nnnn1C1CCCCC1. The highest BCUT2D eigenvalue weighted by atomic mass is 16.3. The van der Waals surface area contributed by atoms with Crippen LogP contribution in [0.3, 0.4) is 0 Å². The van der Waals surface area contributed by atoms with Crippen LogP contribution in [0.5, 0.6) is 0 Å². The van der Waals surface area contributed by atoms with Gasteiger partial charge in [0.15, 0.2) is 5.82 Å². The van der Waals surface area contributed by atoms with Gasteiger partial charge >= 0.3 is 0 Å². The molecule has 1 saturated heterocycles. The maximum atomic E-state index is 9.83. The molecule has 24 heavy (non-hydrogen) atoms. The minimum Gasteiger partial charge on any atom is -0.395 e. The Bertz CT molecular complexity index is 495. The zero-order chi connectivity index (χ0) is 16.9. The lowest BCUT2D eigenvalue weighted by Gasteiger charge is -2.32. The first-order valence-corrected chi connectivity index (χ1v) is 9.92. The molecule has 0 spiro atoms. The van der Waals surface area contributed by atoms with Crippen molar-refractivity contribution in [2.75, 3.05) is 13.2 Å². The van der Waals surface area contributed by atoms with Crippen LogP contribution in [0.4, 0.5) is 0 Å². The van der Waals surface area contributed by atoms with Crippen molar-refractivity contribution in [3.8, 4) is 0 Å². The Kier molecular flexibility index (Phi) is 6.22.